The van der Waals surface area contributed by atoms with Crippen LogP contribution in [0.5, 0.6) is 0 Å². The van der Waals surface area contributed by atoms with Gasteiger partial charge in [0, 0.05) is 18.3 Å². The molecule has 3 heterocycles. The first-order chi connectivity index (χ1) is 10.7. The molecule has 0 aliphatic carbocycles. The molecule has 1 N–H and O–H groups in total. The van der Waals surface area contributed by atoms with E-state index >= 15 is 0 Å². The molecule has 1 saturated heterocycles. The maximum Gasteiger partial charge on any atom is 0.231 e. The summed E-state index contributed by atoms with van der Waals surface area (Å²) in [4.78, 5) is 29.7. The van der Waals surface area contributed by atoms with Gasteiger partial charge in [-0.15, -0.1) is 22.7 Å². The van der Waals surface area contributed by atoms with E-state index in [2.05, 4.69) is 10.3 Å². The Hall–Kier alpha value is -2.24. The standard InChI is InChI=1S/C14H12N4O2S2/c15-7-9-3-5-21-13(9)17-11(19)6-10-8-22-14(16-10)18-4-1-2-12(18)20/h3,5,8H,1-2,4,6H2,(H,17,19). The van der Waals surface area contributed by atoms with Crippen LogP contribution in [0.25, 0.3) is 0 Å². The zero-order valence-electron chi connectivity index (χ0n) is 11.5. The van der Waals surface area contributed by atoms with E-state index in [9.17, 15) is 9.59 Å². The summed E-state index contributed by atoms with van der Waals surface area (Å²) >= 11 is 2.69. The van der Waals surface area contributed by atoms with Crippen LogP contribution in [-0.4, -0.2) is 23.3 Å². The van der Waals surface area contributed by atoms with Crippen LogP contribution in [0, 0.1) is 11.3 Å². The van der Waals surface area contributed by atoms with Gasteiger partial charge in [0.05, 0.1) is 17.7 Å². The van der Waals surface area contributed by atoms with Crippen molar-refractivity contribution in [2.45, 2.75) is 19.3 Å². The Morgan fingerprint density at radius 2 is 2.36 bits per heavy atom. The molecule has 0 unspecified atom stereocenters. The summed E-state index contributed by atoms with van der Waals surface area (Å²) in [6.07, 6.45) is 1.54. The summed E-state index contributed by atoms with van der Waals surface area (Å²) in [5, 5.41) is 16.4. The fourth-order valence-electron chi connectivity index (χ4n) is 2.18. The maximum absolute atomic E-state index is 12.0. The van der Waals surface area contributed by atoms with Crippen molar-refractivity contribution in [1.82, 2.24) is 4.98 Å². The molecule has 0 saturated carbocycles. The molecule has 1 aliphatic rings. The summed E-state index contributed by atoms with van der Waals surface area (Å²) in [5.74, 6) is -0.133. The van der Waals surface area contributed by atoms with Crippen molar-refractivity contribution in [3.63, 3.8) is 0 Å². The third kappa shape index (κ3) is 3.00. The summed E-state index contributed by atoms with van der Waals surface area (Å²) in [6, 6.07) is 3.70. The van der Waals surface area contributed by atoms with Gasteiger partial charge in [-0.2, -0.15) is 5.26 Å². The normalized spacial score (nSPS) is 14.1. The number of amides is 2. The van der Waals surface area contributed by atoms with E-state index in [0.717, 1.165) is 6.42 Å². The maximum atomic E-state index is 12.0. The van der Waals surface area contributed by atoms with Crippen LogP contribution in [0.2, 0.25) is 0 Å². The van der Waals surface area contributed by atoms with Crippen LogP contribution in [0.3, 0.4) is 0 Å². The number of nitrogens with zero attached hydrogens (tertiary/aromatic N) is 3. The molecule has 6 nitrogen and oxygen atoms in total. The van der Waals surface area contributed by atoms with E-state index in [1.807, 2.05) is 6.07 Å². The van der Waals surface area contributed by atoms with E-state index in [-0.39, 0.29) is 18.2 Å². The SMILES string of the molecule is N#Cc1ccsc1NC(=O)Cc1csc(N2CCCC2=O)n1. The monoisotopic (exact) mass is 332 g/mol. The second-order valence-electron chi connectivity index (χ2n) is 4.77. The number of nitriles is 1. The molecule has 22 heavy (non-hydrogen) atoms. The van der Waals surface area contributed by atoms with Crippen LogP contribution in [-0.2, 0) is 16.0 Å². The first-order valence-electron chi connectivity index (χ1n) is 6.69. The predicted octanol–water partition coefficient (Wildman–Crippen LogP) is 2.38. The molecule has 0 atom stereocenters. The summed E-state index contributed by atoms with van der Waals surface area (Å²) in [5.41, 5.74) is 1.09. The lowest BCUT2D eigenvalue weighted by molar-refractivity contribution is -0.117. The minimum atomic E-state index is -0.219. The van der Waals surface area contributed by atoms with Crippen molar-refractivity contribution >= 4 is 44.6 Å². The van der Waals surface area contributed by atoms with Gasteiger partial charge in [0.25, 0.3) is 0 Å². The van der Waals surface area contributed by atoms with Crippen molar-refractivity contribution in [2.75, 3.05) is 16.8 Å². The second-order valence-corrected chi connectivity index (χ2v) is 6.52. The van der Waals surface area contributed by atoms with Gasteiger partial charge in [-0.1, -0.05) is 0 Å². The Balaban J connectivity index is 1.64. The Morgan fingerprint density at radius 1 is 1.50 bits per heavy atom. The minimum Gasteiger partial charge on any atom is -0.316 e. The van der Waals surface area contributed by atoms with Crippen LogP contribution >= 0.6 is 22.7 Å². The van der Waals surface area contributed by atoms with E-state index in [1.54, 1.807) is 21.7 Å². The largest absolute Gasteiger partial charge is 0.316 e. The van der Waals surface area contributed by atoms with E-state index in [0.29, 0.717) is 34.4 Å². The van der Waals surface area contributed by atoms with Gasteiger partial charge in [0.15, 0.2) is 5.13 Å². The van der Waals surface area contributed by atoms with Gasteiger partial charge in [-0.3, -0.25) is 14.5 Å². The third-order valence-corrected chi connectivity index (χ3v) is 4.97. The molecule has 1 fully saturated rings. The van der Waals surface area contributed by atoms with Gasteiger partial charge in [0.1, 0.15) is 11.1 Å². The molecule has 2 aromatic rings. The van der Waals surface area contributed by atoms with Crippen LogP contribution in [0.4, 0.5) is 10.1 Å². The Bertz CT molecular complexity index is 759. The van der Waals surface area contributed by atoms with Crippen molar-refractivity contribution in [3.05, 3.63) is 28.1 Å². The number of nitrogens with one attached hydrogen (secondary N) is 1. The van der Waals surface area contributed by atoms with Gasteiger partial charge in [-0.05, 0) is 17.9 Å². The number of carbonyl (C=O) groups is 2. The highest BCUT2D eigenvalue weighted by atomic mass is 32.1. The zero-order chi connectivity index (χ0) is 15.5. The number of hydrogen-bond acceptors (Lipinski definition) is 6. The molecule has 2 amide bonds. The minimum absolute atomic E-state index is 0.0857. The number of hydrogen-bond donors (Lipinski definition) is 1. The fraction of sp³-hybridized carbons (Fsp3) is 0.286. The molecule has 1 aliphatic heterocycles. The summed E-state index contributed by atoms with van der Waals surface area (Å²) in [7, 11) is 0. The summed E-state index contributed by atoms with van der Waals surface area (Å²) < 4.78 is 0. The van der Waals surface area contributed by atoms with Crippen molar-refractivity contribution in [1.29, 1.82) is 5.26 Å². The third-order valence-electron chi connectivity index (χ3n) is 3.22. The average molecular weight is 332 g/mol. The molecule has 0 aromatic carbocycles. The van der Waals surface area contributed by atoms with Crippen LogP contribution < -0.4 is 10.2 Å². The van der Waals surface area contributed by atoms with E-state index in [4.69, 9.17) is 5.26 Å². The smallest absolute Gasteiger partial charge is 0.231 e. The molecule has 3 rings (SSSR count). The van der Waals surface area contributed by atoms with E-state index in [1.165, 1.54) is 22.7 Å². The first kappa shape index (κ1) is 14.7. The van der Waals surface area contributed by atoms with Crippen LogP contribution in [0.15, 0.2) is 16.8 Å². The number of thiazole rings is 1. The van der Waals surface area contributed by atoms with Gasteiger partial charge >= 0.3 is 0 Å². The number of aromatic nitrogens is 1. The average Bonchev–Trinajstić information content (AvgIpc) is 3.19. The topological polar surface area (TPSA) is 86.1 Å². The Morgan fingerprint density at radius 3 is 3.09 bits per heavy atom. The highest BCUT2D eigenvalue weighted by molar-refractivity contribution is 7.14. The lowest BCUT2D eigenvalue weighted by atomic mass is 10.3. The number of anilines is 2. The van der Waals surface area contributed by atoms with Gasteiger partial charge in [0.2, 0.25) is 11.8 Å². The lowest BCUT2D eigenvalue weighted by Crippen LogP contribution is -2.23. The number of thiophene rings is 1. The molecule has 2 aromatic heterocycles. The first-order valence-corrected chi connectivity index (χ1v) is 8.45. The highest BCUT2D eigenvalue weighted by Crippen LogP contribution is 2.26. The van der Waals surface area contributed by atoms with Crippen molar-refractivity contribution in [2.24, 2.45) is 0 Å². The lowest BCUT2D eigenvalue weighted by Gasteiger charge is -2.10. The van der Waals surface area contributed by atoms with Crippen molar-refractivity contribution < 1.29 is 9.59 Å². The quantitative estimate of drug-likeness (QED) is 0.931. The zero-order valence-corrected chi connectivity index (χ0v) is 13.2. The molecule has 8 heteroatoms. The van der Waals surface area contributed by atoms with E-state index < -0.39 is 0 Å². The molecular formula is C14H12N4O2S2. The van der Waals surface area contributed by atoms with Crippen LogP contribution in [0.1, 0.15) is 24.1 Å². The number of rotatable bonds is 4. The number of carbonyl (C=O) groups excluding carboxylic acids is 2. The van der Waals surface area contributed by atoms with Gasteiger partial charge < -0.3 is 5.32 Å². The molecular weight excluding hydrogens is 320 g/mol. The fourth-order valence-corrected chi connectivity index (χ4v) is 3.80. The van der Waals surface area contributed by atoms with Crippen molar-refractivity contribution in [3.8, 4) is 6.07 Å². The highest BCUT2D eigenvalue weighted by Gasteiger charge is 2.24. The van der Waals surface area contributed by atoms with Gasteiger partial charge in [-0.25, -0.2) is 4.98 Å². The predicted molar refractivity (Wildman–Crippen MR) is 85.1 cm³/mol. The molecule has 112 valence electrons. The molecule has 0 spiro atoms. The Kier molecular flexibility index (Phi) is 4.18. The Labute approximate surface area is 135 Å². The molecule has 0 bridgehead atoms. The molecule has 0 radical (unpaired) electrons. The second kappa shape index (κ2) is 6.25. The summed E-state index contributed by atoms with van der Waals surface area (Å²) in [6.45, 7) is 0.693.